The Hall–Kier alpha value is -1.30. The Morgan fingerprint density at radius 2 is 2.10 bits per heavy atom. The average Bonchev–Trinajstić information content (AvgIpc) is 2.43. The first kappa shape index (κ1) is 16.8. The van der Waals surface area contributed by atoms with Crippen LogP contribution in [0.1, 0.15) is 39.5 Å². The van der Waals surface area contributed by atoms with E-state index in [1.165, 1.54) is 0 Å². The molecule has 1 fully saturated rings. The lowest BCUT2D eigenvalue weighted by molar-refractivity contribution is -0.143. The van der Waals surface area contributed by atoms with Crippen LogP contribution in [0.4, 0.5) is 4.79 Å². The van der Waals surface area contributed by atoms with Crippen molar-refractivity contribution in [3.05, 3.63) is 0 Å². The van der Waals surface area contributed by atoms with Crippen LogP contribution in [-0.2, 0) is 4.79 Å². The summed E-state index contributed by atoms with van der Waals surface area (Å²) in [7, 11) is 0. The first-order chi connectivity index (χ1) is 9.35. The zero-order valence-corrected chi connectivity index (χ0v) is 12.4. The lowest BCUT2D eigenvalue weighted by Gasteiger charge is -2.31. The molecule has 0 aliphatic carbocycles. The second-order valence-corrected chi connectivity index (χ2v) is 6.28. The highest BCUT2D eigenvalue weighted by Crippen LogP contribution is 2.20. The Morgan fingerprint density at radius 1 is 1.40 bits per heavy atom. The Kier molecular flexibility index (Phi) is 6.26. The Bertz CT molecular complexity index is 344. The number of nitrogens with zero attached hydrogens (tertiary/aromatic N) is 1. The van der Waals surface area contributed by atoms with Crippen LogP contribution in [0.3, 0.4) is 0 Å². The molecule has 1 saturated heterocycles. The van der Waals surface area contributed by atoms with E-state index in [0.717, 1.165) is 19.3 Å². The molecule has 0 spiro atoms. The predicted molar refractivity (Wildman–Crippen MR) is 75.4 cm³/mol. The fourth-order valence-electron chi connectivity index (χ4n) is 2.32. The second kappa shape index (κ2) is 7.47. The molecule has 0 saturated carbocycles. The topological polar surface area (TPSA) is 89.9 Å². The number of carbonyl (C=O) groups is 2. The summed E-state index contributed by atoms with van der Waals surface area (Å²) in [6, 6.07) is -0.183. The number of urea groups is 1. The first-order valence-electron chi connectivity index (χ1n) is 7.22. The van der Waals surface area contributed by atoms with E-state index in [0.29, 0.717) is 26.1 Å². The lowest BCUT2D eigenvalue weighted by atomic mass is 9.89. The van der Waals surface area contributed by atoms with Gasteiger partial charge in [0.15, 0.2) is 0 Å². The van der Waals surface area contributed by atoms with Crippen LogP contribution >= 0.6 is 0 Å². The Labute approximate surface area is 120 Å². The summed E-state index contributed by atoms with van der Waals surface area (Å²) < 4.78 is 0. The number of rotatable bonds is 6. The van der Waals surface area contributed by atoms with Crippen molar-refractivity contribution in [3.63, 3.8) is 0 Å². The normalized spacial score (nSPS) is 19.8. The number of piperidine rings is 1. The van der Waals surface area contributed by atoms with Crippen molar-refractivity contribution >= 4 is 12.0 Å². The molecule has 1 unspecified atom stereocenters. The number of carboxylic acid groups (broad SMARTS) is 1. The molecule has 0 aromatic carbocycles. The summed E-state index contributed by atoms with van der Waals surface area (Å²) in [6.07, 6.45) is 3.02. The van der Waals surface area contributed by atoms with Crippen molar-refractivity contribution < 1.29 is 19.8 Å². The van der Waals surface area contributed by atoms with E-state index in [-0.39, 0.29) is 18.1 Å². The lowest BCUT2D eigenvalue weighted by Crippen LogP contribution is -2.47. The maximum atomic E-state index is 11.9. The van der Waals surface area contributed by atoms with Gasteiger partial charge in [0.2, 0.25) is 0 Å². The number of carboxylic acids is 1. The van der Waals surface area contributed by atoms with Gasteiger partial charge in [0.25, 0.3) is 0 Å². The highest BCUT2D eigenvalue weighted by molar-refractivity contribution is 5.76. The fraction of sp³-hybridized carbons (Fsp3) is 0.857. The van der Waals surface area contributed by atoms with Crippen LogP contribution in [0.25, 0.3) is 0 Å². The largest absolute Gasteiger partial charge is 0.481 e. The quantitative estimate of drug-likeness (QED) is 0.642. The van der Waals surface area contributed by atoms with Crippen LogP contribution in [0, 0.1) is 11.3 Å². The van der Waals surface area contributed by atoms with Gasteiger partial charge in [0, 0.05) is 26.2 Å². The minimum absolute atomic E-state index is 0.121. The van der Waals surface area contributed by atoms with Crippen molar-refractivity contribution in [2.75, 3.05) is 26.2 Å². The fourth-order valence-corrected chi connectivity index (χ4v) is 2.32. The maximum Gasteiger partial charge on any atom is 0.317 e. The maximum absolute atomic E-state index is 11.9. The number of hydrogen-bond donors (Lipinski definition) is 3. The van der Waals surface area contributed by atoms with Gasteiger partial charge in [-0.2, -0.15) is 0 Å². The third-order valence-corrected chi connectivity index (χ3v) is 3.79. The smallest absolute Gasteiger partial charge is 0.317 e. The Morgan fingerprint density at radius 3 is 2.70 bits per heavy atom. The van der Waals surface area contributed by atoms with E-state index < -0.39 is 11.9 Å². The highest BCUT2D eigenvalue weighted by Gasteiger charge is 2.27. The van der Waals surface area contributed by atoms with Crippen LogP contribution < -0.4 is 5.32 Å². The van der Waals surface area contributed by atoms with Crippen molar-refractivity contribution in [3.8, 4) is 0 Å². The number of nitrogens with one attached hydrogen (secondary N) is 1. The third-order valence-electron chi connectivity index (χ3n) is 3.79. The van der Waals surface area contributed by atoms with Crippen LogP contribution in [0.2, 0.25) is 0 Å². The second-order valence-electron chi connectivity index (χ2n) is 6.28. The summed E-state index contributed by atoms with van der Waals surface area (Å²) in [5, 5.41) is 20.9. The van der Waals surface area contributed by atoms with Crippen molar-refractivity contribution in [1.29, 1.82) is 0 Å². The molecule has 2 amide bonds. The molecule has 6 nitrogen and oxygen atoms in total. The molecule has 1 aliphatic heterocycles. The van der Waals surface area contributed by atoms with E-state index in [4.69, 9.17) is 10.2 Å². The van der Waals surface area contributed by atoms with Gasteiger partial charge in [-0.25, -0.2) is 4.79 Å². The minimum atomic E-state index is -0.827. The number of likely N-dealkylation sites (tertiary alicyclic amines) is 1. The van der Waals surface area contributed by atoms with Gasteiger partial charge in [-0.15, -0.1) is 0 Å². The number of hydrogen-bond acceptors (Lipinski definition) is 3. The molecule has 1 atom stereocenters. The molecule has 0 bridgehead atoms. The van der Waals surface area contributed by atoms with Gasteiger partial charge in [0.05, 0.1) is 5.92 Å². The standard InChI is InChI=1S/C14H26N2O4/c1-14(2,10-17)6-4-7-15-13(20)16-8-3-5-11(9-16)12(18)19/h11,17H,3-10H2,1-2H3,(H,15,20)(H,18,19). The molecule has 116 valence electrons. The number of aliphatic carboxylic acids is 1. The van der Waals surface area contributed by atoms with E-state index in [9.17, 15) is 9.59 Å². The van der Waals surface area contributed by atoms with Crippen LogP contribution in [0.15, 0.2) is 0 Å². The molecule has 1 aliphatic rings. The van der Waals surface area contributed by atoms with E-state index in [1.54, 1.807) is 4.90 Å². The molecule has 6 heteroatoms. The van der Waals surface area contributed by atoms with E-state index in [1.807, 2.05) is 13.8 Å². The van der Waals surface area contributed by atoms with Gasteiger partial charge in [0.1, 0.15) is 0 Å². The number of aliphatic hydroxyl groups is 1. The van der Waals surface area contributed by atoms with Crippen LogP contribution in [0.5, 0.6) is 0 Å². The first-order valence-corrected chi connectivity index (χ1v) is 7.22. The van der Waals surface area contributed by atoms with Gasteiger partial charge in [-0.1, -0.05) is 13.8 Å². The summed E-state index contributed by atoms with van der Waals surface area (Å²) in [4.78, 5) is 24.5. The number of aliphatic hydroxyl groups excluding tert-OH is 1. The monoisotopic (exact) mass is 286 g/mol. The van der Waals surface area contributed by atoms with E-state index in [2.05, 4.69) is 5.32 Å². The molecular weight excluding hydrogens is 260 g/mol. The molecule has 0 radical (unpaired) electrons. The molecule has 0 aromatic rings. The number of amides is 2. The van der Waals surface area contributed by atoms with Crippen molar-refractivity contribution in [2.24, 2.45) is 11.3 Å². The summed E-state index contributed by atoms with van der Waals surface area (Å²) in [5.41, 5.74) is -0.121. The molecule has 0 aromatic heterocycles. The molecular formula is C14H26N2O4. The third kappa shape index (κ3) is 5.36. The molecule has 3 N–H and O–H groups in total. The van der Waals surface area contributed by atoms with Crippen molar-refractivity contribution in [2.45, 2.75) is 39.5 Å². The van der Waals surface area contributed by atoms with Gasteiger partial charge >= 0.3 is 12.0 Å². The molecule has 20 heavy (non-hydrogen) atoms. The summed E-state index contributed by atoms with van der Waals surface area (Å²) >= 11 is 0. The summed E-state index contributed by atoms with van der Waals surface area (Å²) in [5.74, 6) is -1.27. The highest BCUT2D eigenvalue weighted by atomic mass is 16.4. The molecule has 1 rings (SSSR count). The zero-order chi connectivity index (χ0) is 15.2. The minimum Gasteiger partial charge on any atom is -0.481 e. The average molecular weight is 286 g/mol. The summed E-state index contributed by atoms with van der Waals surface area (Å²) in [6.45, 7) is 5.57. The zero-order valence-electron chi connectivity index (χ0n) is 12.4. The van der Waals surface area contributed by atoms with E-state index >= 15 is 0 Å². The Balaban J connectivity index is 2.27. The van der Waals surface area contributed by atoms with Crippen molar-refractivity contribution in [1.82, 2.24) is 10.2 Å². The van der Waals surface area contributed by atoms with Gasteiger partial charge in [-0.3, -0.25) is 4.79 Å². The number of carbonyl (C=O) groups excluding carboxylic acids is 1. The van der Waals surface area contributed by atoms with Crippen LogP contribution in [-0.4, -0.2) is 53.4 Å². The SMILES string of the molecule is CC(C)(CO)CCCNC(=O)N1CCCC(C(=O)O)C1. The van der Waals surface area contributed by atoms with Gasteiger partial charge < -0.3 is 20.4 Å². The molecule has 1 heterocycles. The predicted octanol–water partition coefficient (Wildman–Crippen LogP) is 1.29. The van der Waals surface area contributed by atoms with Gasteiger partial charge in [-0.05, 0) is 31.1 Å².